The first-order chi connectivity index (χ1) is 8.72. The molecule has 18 heavy (non-hydrogen) atoms. The highest BCUT2D eigenvalue weighted by atomic mass is 16.2. The van der Waals surface area contributed by atoms with E-state index in [1.807, 2.05) is 4.90 Å². The number of likely N-dealkylation sites (tertiary alicyclic amines) is 1. The average molecular weight is 252 g/mol. The molecule has 2 aliphatic heterocycles. The molecule has 4 amide bonds. The zero-order chi connectivity index (χ0) is 13.0. The third-order valence-electron chi connectivity index (χ3n) is 3.48. The van der Waals surface area contributed by atoms with Crippen LogP contribution in [0.3, 0.4) is 0 Å². The smallest absolute Gasteiger partial charge is 0.317 e. The van der Waals surface area contributed by atoms with Crippen LogP contribution < -0.4 is 10.6 Å². The van der Waals surface area contributed by atoms with Crippen molar-refractivity contribution >= 4 is 12.1 Å². The van der Waals surface area contributed by atoms with Crippen LogP contribution >= 0.6 is 0 Å². The fourth-order valence-electron chi connectivity index (χ4n) is 2.49. The predicted octanol–water partition coefficient (Wildman–Crippen LogP) is 0.372. The van der Waals surface area contributed by atoms with E-state index in [2.05, 4.69) is 17.2 Å². The van der Waals surface area contributed by atoms with Crippen LogP contribution in [-0.2, 0) is 0 Å². The van der Waals surface area contributed by atoms with Gasteiger partial charge in [0.15, 0.2) is 0 Å². The van der Waals surface area contributed by atoms with Gasteiger partial charge in [0.25, 0.3) is 0 Å². The van der Waals surface area contributed by atoms with Gasteiger partial charge in [-0.3, -0.25) is 0 Å². The Hall–Kier alpha value is -1.72. The second-order valence-corrected chi connectivity index (χ2v) is 4.62. The zero-order valence-electron chi connectivity index (χ0n) is 10.5. The molecule has 0 spiro atoms. The van der Waals surface area contributed by atoms with Gasteiger partial charge < -0.3 is 20.4 Å². The summed E-state index contributed by atoms with van der Waals surface area (Å²) < 4.78 is 0. The summed E-state index contributed by atoms with van der Waals surface area (Å²) >= 11 is 0. The summed E-state index contributed by atoms with van der Waals surface area (Å²) in [7, 11) is 0. The van der Waals surface area contributed by atoms with Crippen molar-refractivity contribution in [2.45, 2.75) is 18.9 Å². The summed E-state index contributed by atoms with van der Waals surface area (Å²) in [6, 6.07) is 0.264. The van der Waals surface area contributed by atoms with Crippen LogP contribution in [0.25, 0.3) is 0 Å². The van der Waals surface area contributed by atoms with Crippen molar-refractivity contribution in [1.29, 1.82) is 0 Å². The predicted molar refractivity (Wildman–Crippen MR) is 68.3 cm³/mol. The van der Waals surface area contributed by atoms with E-state index in [1.165, 1.54) is 0 Å². The van der Waals surface area contributed by atoms with Gasteiger partial charge in [0.05, 0.1) is 0 Å². The van der Waals surface area contributed by atoms with Crippen molar-refractivity contribution in [3.8, 4) is 0 Å². The second-order valence-electron chi connectivity index (χ2n) is 4.62. The minimum absolute atomic E-state index is 0.0320. The molecule has 2 rings (SSSR count). The molecule has 0 aromatic heterocycles. The fourth-order valence-corrected chi connectivity index (χ4v) is 2.49. The van der Waals surface area contributed by atoms with E-state index in [-0.39, 0.29) is 18.1 Å². The van der Waals surface area contributed by atoms with Crippen LogP contribution in [0.2, 0.25) is 0 Å². The molecule has 0 bridgehead atoms. The standard InChI is InChI=1S/C12H20N4O2/c1-2-5-13-11(17)15-7-3-10(4-8-15)16-9-6-14-12(16)18/h2,10H,1,3-9H2,(H,13,17)(H,14,18). The molecule has 0 aromatic rings. The maximum atomic E-state index is 11.7. The Labute approximate surface area is 107 Å². The SMILES string of the molecule is C=CCNC(=O)N1CCC(N2CCNC2=O)CC1. The van der Waals surface area contributed by atoms with E-state index in [1.54, 1.807) is 11.0 Å². The van der Waals surface area contributed by atoms with E-state index in [4.69, 9.17) is 0 Å². The molecule has 2 N–H and O–H groups in total. The third-order valence-corrected chi connectivity index (χ3v) is 3.48. The number of urea groups is 2. The number of carbonyl (C=O) groups excluding carboxylic acids is 2. The van der Waals surface area contributed by atoms with Gasteiger partial charge in [0.2, 0.25) is 0 Å². The molecule has 0 saturated carbocycles. The van der Waals surface area contributed by atoms with Crippen LogP contribution in [0.4, 0.5) is 9.59 Å². The van der Waals surface area contributed by atoms with Crippen LogP contribution in [0.1, 0.15) is 12.8 Å². The maximum Gasteiger partial charge on any atom is 0.317 e. The lowest BCUT2D eigenvalue weighted by Gasteiger charge is -2.36. The number of nitrogens with one attached hydrogen (secondary N) is 2. The molecule has 0 atom stereocenters. The lowest BCUT2D eigenvalue weighted by Crippen LogP contribution is -2.50. The number of hydrogen-bond donors (Lipinski definition) is 2. The van der Waals surface area contributed by atoms with Gasteiger partial charge in [0.1, 0.15) is 0 Å². The molecule has 2 aliphatic rings. The second kappa shape index (κ2) is 5.75. The van der Waals surface area contributed by atoms with E-state index in [0.29, 0.717) is 19.6 Å². The van der Waals surface area contributed by atoms with Gasteiger partial charge in [0, 0.05) is 38.8 Å². The topological polar surface area (TPSA) is 64.7 Å². The summed E-state index contributed by atoms with van der Waals surface area (Å²) in [6.07, 6.45) is 3.38. The van der Waals surface area contributed by atoms with Crippen molar-refractivity contribution in [1.82, 2.24) is 20.4 Å². The summed E-state index contributed by atoms with van der Waals surface area (Å²) in [5.74, 6) is 0. The molecule has 100 valence electrons. The molecule has 2 heterocycles. The Morgan fingerprint density at radius 2 is 2.17 bits per heavy atom. The molecule has 0 radical (unpaired) electrons. The number of carbonyl (C=O) groups is 2. The van der Waals surface area contributed by atoms with Gasteiger partial charge in [-0.25, -0.2) is 9.59 Å². The Bertz CT molecular complexity index is 337. The highest BCUT2D eigenvalue weighted by Crippen LogP contribution is 2.18. The van der Waals surface area contributed by atoms with Crippen molar-refractivity contribution in [2.75, 3.05) is 32.7 Å². The van der Waals surface area contributed by atoms with E-state index >= 15 is 0 Å². The Kier molecular flexibility index (Phi) is 4.07. The summed E-state index contributed by atoms with van der Waals surface area (Å²) in [5, 5.41) is 5.58. The number of hydrogen-bond acceptors (Lipinski definition) is 2. The van der Waals surface area contributed by atoms with Crippen LogP contribution in [-0.4, -0.2) is 60.6 Å². The molecule has 2 fully saturated rings. The first kappa shape index (κ1) is 12.7. The van der Waals surface area contributed by atoms with Crippen molar-refractivity contribution < 1.29 is 9.59 Å². The monoisotopic (exact) mass is 252 g/mol. The first-order valence-corrected chi connectivity index (χ1v) is 6.40. The molecule has 6 nitrogen and oxygen atoms in total. The Morgan fingerprint density at radius 3 is 2.72 bits per heavy atom. The molecule has 6 heteroatoms. The number of rotatable bonds is 3. The number of nitrogens with zero attached hydrogens (tertiary/aromatic N) is 2. The highest BCUT2D eigenvalue weighted by Gasteiger charge is 2.31. The third kappa shape index (κ3) is 2.75. The summed E-state index contributed by atoms with van der Waals surface area (Å²) in [6.45, 7) is 6.99. The minimum atomic E-state index is -0.0424. The quantitative estimate of drug-likeness (QED) is 0.713. The summed E-state index contributed by atoms with van der Waals surface area (Å²) in [4.78, 5) is 27.0. The molecular formula is C12H20N4O2. The number of amides is 4. The van der Waals surface area contributed by atoms with Gasteiger partial charge >= 0.3 is 12.1 Å². The minimum Gasteiger partial charge on any atom is -0.336 e. The van der Waals surface area contributed by atoms with Crippen LogP contribution in [0.5, 0.6) is 0 Å². The fraction of sp³-hybridized carbons (Fsp3) is 0.667. The van der Waals surface area contributed by atoms with Crippen LogP contribution in [0, 0.1) is 0 Å². The maximum absolute atomic E-state index is 11.7. The molecule has 2 saturated heterocycles. The van der Waals surface area contributed by atoms with E-state index in [0.717, 1.165) is 25.9 Å². The molecule has 0 aliphatic carbocycles. The van der Waals surface area contributed by atoms with Crippen molar-refractivity contribution in [3.63, 3.8) is 0 Å². The summed E-state index contributed by atoms with van der Waals surface area (Å²) in [5.41, 5.74) is 0. The van der Waals surface area contributed by atoms with Crippen molar-refractivity contribution in [3.05, 3.63) is 12.7 Å². The molecule has 0 unspecified atom stereocenters. The first-order valence-electron chi connectivity index (χ1n) is 6.40. The Morgan fingerprint density at radius 1 is 1.44 bits per heavy atom. The van der Waals surface area contributed by atoms with E-state index in [9.17, 15) is 9.59 Å². The highest BCUT2D eigenvalue weighted by molar-refractivity contribution is 5.77. The largest absolute Gasteiger partial charge is 0.336 e. The Balaban J connectivity index is 1.79. The molecular weight excluding hydrogens is 232 g/mol. The average Bonchev–Trinajstić information content (AvgIpc) is 2.82. The van der Waals surface area contributed by atoms with Crippen molar-refractivity contribution in [2.24, 2.45) is 0 Å². The number of piperidine rings is 1. The van der Waals surface area contributed by atoms with Gasteiger partial charge in [-0.05, 0) is 12.8 Å². The van der Waals surface area contributed by atoms with E-state index < -0.39 is 0 Å². The lowest BCUT2D eigenvalue weighted by atomic mass is 10.0. The van der Waals surface area contributed by atoms with Gasteiger partial charge in [-0.15, -0.1) is 6.58 Å². The lowest BCUT2D eigenvalue weighted by molar-refractivity contribution is 0.141. The normalized spacial score (nSPS) is 20.8. The van der Waals surface area contributed by atoms with Crippen LogP contribution in [0.15, 0.2) is 12.7 Å². The molecule has 0 aromatic carbocycles. The van der Waals surface area contributed by atoms with Gasteiger partial charge in [-0.1, -0.05) is 6.08 Å². The zero-order valence-corrected chi connectivity index (χ0v) is 10.5. The van der Waals surface area contributed by atoms with Gasteiger partial charge in [-0.2, -0.15) is 0 Å².